The highest BCUT2D eigenvalue weighted by Gasteiger charge is 2.27. The van der Waals surface area contributed by atoms with Gasteiger partial charge in [0.2, 0.25) is 0 Å². The van der Waals surface area contributed by atoms with Crippen molar-refractivity contribution < 1.29 is 5.11 Å². The average molecular weight is 183 g/mol. The molecule has 1 atom stereocenters. The van der Waals surface area contributed by atoms with Crippen LogP contribution in [0.15, 0.2) is 12.2 Å². The first-order valence-electron chi connectivity index (χ1n) is 5.20. The smallest absolute Gasteiger partial charge is 0.115 e. The molecule has 1 heterocycles. The van der Waals surface area contributed by atoms with Crippen molar-refractivity contribution in [1.29, 1.82) is 0 Å². The summed E-state index contributed by atoms with van der Waals surface area (Å²) < 4.78 is 0. The molecule has 1 aliphatic rings. The molecule has 0 aromatic heterocycles. The third-order valence-electron chi connectivity index (χ3n) is 3.04. The fourth-order valence-electron chi connectivity index (χ4n) is 1.76. The predicted octanol–water partition coefficient (Wildman–Crippen LogP) is 2.15. The second-order valence-electron chi connectivity index (χ2n) is 4.16. The zero-order valence-corrected chi connectivity index (χ0v) is 8.84. The molecule has 0 radical (unpaired) electrons. The van der Waals surface area contributed by atoms with Gasteiger partial charge in [-0.05, 0) is 32.6 Å². The van der Waals surface area contributed by atoms with Crippen LogP contribution in [0.2, 0.25) is 0 Å². The normalized spacial score (nSPS) is 25.3. The monoisotopic (exact) mass is 183 g/mol. The zero-order chi connectivity index (χ0) is 9.90. The van der Waals surface area contributed by atoms with Crippen molar-refractivity contribution in [2.75, 3.05) is 13.1 Å². The molecule has 0 aliphatic carbocycles. The maximum absolute atomic E-state index is 10.1. The van der Waals surface area contributed by atoms with Gasteiger partial charge in [-0.25, -0.2) is 0 Å². The third-order valence-corrected chi connectivity index (χ3v) is 3.04. The molecule has 0 saturated carbocycles. The van der Waals surface area contributed by atoms with Gasteiger partial charge in [0.15, 0.2) is 0 Å². The first-order valence-corrected chi connectivity index (χ1v) is 5.20. The minimum Gasteiger partial charge on any atom is -0.376 e. The number of hydrogen-bond donors (Lipinski definition) is 1. The largest absolute Gasteiger partial charge is 0.376 e. The SMILES string of the molecule is C=C1CCCN(C(C)(O)CC)CC1. The number of aliphatic hydroxyl groups is 1. The Morgan fingerprint density at radius 3 is 2.77 bits per heavy atom. The predicted molar refractivity (Wildman–Crippen MR) is 55.5 cm³/mol. The van der Waals surface area contributed by atoms with E-state index in [0.29, 0.717) is 0 Å². The van der Waals surface area contributed by atoms with Crippen LogP contribution in [0.1, 0.15) is 39.5 Å². The Bertz CT molecular complexity index is 187. The van der Waals surface area contributed by atoms with Crippen LogP contribution in [0.4, 0.5) is 0 Å². The van der Waals surface area contributed by atoms with Crippen molar-refractivity contribution in [2.45, 2.75) is 45.3 Å². The highest BCUT2D eigenvalue weighted by molar-refractivity contribution is 4.97. The Kier molecular flexibility index (Phi) is 3.51. The van der Waals surface area contributed by atoms with Gasteiger partial charge in [-0.15, -0.1) is 0 Å². The Balaban J connectivity index is 2.55. The molecule has 13 heavy (non-hydrogen) atoms. The third kappa shape index (κ3) is 2.82. The number of hydrogen-bond acceptors (Lipinski definition) is 2. The highest BCUT2D eigenvalue weighted by atomic mass is 16.3. The summed E-state index contributed by atoms with van der Waals surface area (Å²) in [4.78, 5) is 2.17. The molecular formula is C11H21NO. The summed E-state index contributed by atoms with van der Waals surface area (Å²) in [6.45, 7) is 9.90. The van der Waals surface area contributed by atoms with Crippen LogP contribution in [0.5, 0.6) is 0 Å². The van der Waals surface area contributed by atoms with Gasteiger partial charge < -0.3 is 5.11 Å². The molecule has 1 aliphatic heterocycles. The number of likely N-dealkylation sites (tertiary alicyclic amines) is 1. The number of nitrogens with zero attached hydrogens (tertiary/aromatic N) is 1. The Morgan fingerprint density at radius 2 is 2.15 bits per heavy atom. The molecular weight excluding hydrogens is 162 g/mol. The maximum atomic E-state index is 10.1. The van der Waals surface area contributed by atoms with E-state index in [0.717, 1.165) is 38.8 Å². The topological polar surface area (TPSA) is 23.5 Å². The molecule has 0 aromatic carbocycles. The van der Waals surface area contributed by atoms with Crippen LogP contribution in [0, 0.1) is 0 Å². The summed E-state index contributed by atoms with van der Waals surface area (Å²) in [6, 6.07) is 0. The molecule has 0 spiro atoms. The molecule has 1 unspecified atom stereocenters. The van der Waals surface area contributed by atoms with Gasteiger partial charge in [-0.2, -0.15) is 0 Å². The average Bonchev–Trinajstić information content (AvgIpc) is 2.30. The quantitative estimate of drug-likeness (QED) is 0.663. The summed E-state index contributed by atoms with van der Waals surface area (Å²) in [7, 11) is 0. The molecule has 2 heteroatoms. The summed E-state index contributed by atoms with van der Waals surface area (Å²) in [5, 5.41) is 10.1. The lowest BCUT2D eigenvalue weighted by Gasteiger charge is -2.35. The second-order valence-corrected chi connectivity index (χ2v) is 4.16. The van der Waals surface area contributed by atoms with Gasteiger partial charge in [0, 0.05) is 13.1 Å². The van der Waals surface area contributed by atoms with E-state index in [2.05, 4.69) is 11.5 Å². The van der Waals surface area contributed by atoms with Crippen molar-refractivity contribution >= 4 is 0 Å². The molecule has 1 rings (SSSR count). The lowest BCUT2D eigenvalue weighted by atomic mass is 10.1. The van der Waals surface area contributed by atoms with Crippen molar-refractivity contribution in [3.8, 4) is 0 Å². The van der Waals surface area contributed by atoms with Gasteiger partial charge in [-0.3, -0.25) is 4.90 Å². The van der Waals surface area contributed by atoms with E-state index in [1.54, 1.807) is 0 Å². The van der Waals surface area contributed by atoms with Crippen LogP contribution in [0.3, 0.4) is 0 Å². The molecule has 1 N–H and O–H groups in total. The first-order chi connectivity index (χ1) is 6.06. The molecule has 76 valence electrons. The van der Waals surface area contributed by atoms with Gasteiger partial charge in [0.05, 0.1) is 0 Å². The van der Waals surface area contributed by atoms with Crippen LogP contribution in [-0.2, 0) is 0 Å². The Labute approximate surface area is 81.2 Å². The fraction of sp³-hybridized carbons (Fsp3) is 0.818. The van der Waals surface area contributed by atoms with Gasteiger partial charge in [0.1, 0.15) is 5.72 Å². The highest BCUT2D eigenvalue weighted by Crippen LogP contribution is 2.22. The number of rotatable bonds is 2. The van der Waals surface area contributed by atoms with Crippen LogP contribution in [0.25, 0.3) is 0 Å². The van der Waals surface area contributed by atoms with E-state index in [9.17, 15) is 5.11 Å². The molecule has 1 saturated heterocycles. The van der Waals surface area contributed by atoms with E-state index in [1.165, 1.54) is 5.57 Å². The van der Waals surface area contributed by atoms with Gasteiger partial charge >= 0.3 is 0 Å². The molecule has 0 bridgehead atoms. The van der Waals surface area contributed by atoms with Crippen molar-refractivity contribution in [3.63, 3.8) is 0 Å². The fourth-order valence-corrected chi connectivity index (χ4v) is 1.76. The summed E-state index contributed by atoms with van der Waals surface area (Å²) in [5.41, 5.74) is 0.708. The van der Waals surface area contributed by atoms with E-state index in [1.807, 2.05) is 13.8 Å². The Morgan fingerprint density at radius 1 is 1.46 bits per heavy atom. The lowest BCUT2D eigenvalue weighted by molar-refractivity contribution is -0.0941. The standard InChI is InChI=1S/C11H21NO/c1-4-11(3,13)12-8-5-6-10(2)7-9-12/h13H,2,4-9H2,1,3H3. The maximum Gasteiger partial charge on any atom is 0.115 e. The minimum atomic E-state index is -0.620. The lowest BCUT2D eigenvalue weighted by Crippen LogP contribution is -2.46. The van der Waals surface area contributed by atoms with Gasteiger partial charge in [0.25, 0.3) is 0 Å². The summed E-state index contributed by atoms with van der Waals surface area (Å²) >= 11 is 0. The van der Waals surface area contributed by atoms with E-state index in [4.69, 9.17) is 0 Å². The Hall–Kier alpha value is -0.340. The van der Waals surface area contributed by atoms with Crippen molar-refractivity contribution in [3.05, 3.63) is 12.2 Å². The van der Waals surface area contributed by atoms with Crippen molar-refractivity contribution in [2.24, 2.45) is 0 Å². The van der Waals surface area contributed by atoms with Crippen LogP contribution in [-0.4, -0.2) is 28.8 Å². The van der Waals surface area contributed by atoms with Gasteiger partial charge in [-0.1, -0.05) is 19.1 Å². The summed E-state index contributed by atoms with van der Waals surface area (Å²) in [6.07, 6.45) is 4.08. The zero-order valence-electron chi connectivity index (χ0n) is 8.84. The second kappa shape index (κ2) is 4.25. The minimum absolute atomic E-state index is 0.620. The van der Waals surface area contributed by atoms with Crippen LogP contribution < -0.4 is 0 Å². The molecule has 0 aromatic rings. The van der Waals surface area contributed by atoms with E-state index < -0.39 is 5.72 Å². The molecule has 1 fully saturated rings. The molecule has 2 nitrogen and oxygen atoms in total. The van der Waals surface area contributed by atoms with E-state index >= 15 is 0 Å². The molecule has 0 amide bonds. The van der Waals surface area contributed by atoms with Crippen molar-refractivity contribution in [1.82, 2.24) is 4.90 Å². The first kappa shape index (κ1) is 10.7. The van der Waals surface area contributed by atoms with Crippen LogP contribution >= 0.6 is 0 Å². The summed E-state index contributed by atoms with van der Waals surface area (Å²) in [5.74, 6) is 0. The van der Waals surface area contributed by atoms with E-state index in [-0.39, 0.29) is 0 Å².